The van der Waals surface area contributed by atoms with Gasteiger partial charge in [0.1, 0.15) is 17.1 Å². The number of hydrogen-bond donors (Lipinski definition) is 0. The van der Waals surface area contributed by atoms with Gasteiger partial charge in [0.15, 0.2) is 12.4 Å². The molecule has 174 valence electrons. The second-order valence-electron chi connectivity index (χ2n) is 7.24. The molecule has 0 aliphatic rings. The molecule has 1 aromatic carbocycles. The van der Waals surface area contributed by atoms with Crippen LogP contribution in [-0.2, 0) is 21.4 Å². The van der Waals surface area contributed by atoms with E-state index in [-0.39, 0.29) is 30.5 Å². The highest BCUT2D eigenvalue weighted by Crippen LogP contribution is 2.21. The molecule has 0 saturated heterocycles. The maximum absolute atomic E-state index is 13.7. The first kappa shape index (κ1) is 23.3. The van der Waals surface area contributed by atoms with Gasteiger partial charge >= 0.3 is 5.69 Å². The molecule has 4 aromatic rings. The first-order valence-electron chi connectivity index (χ1n) is 10.1. The Morgan fingerprint density at radius 2 is 1.94 bits per heavy atom. The van der Waals surface area contributed by atoms with Gasteiger partial charge in [-0.1, -0.05) is 11.6 Å². The number of benzene rings is 1. The summed E-state index contributed by atoms with van der Waals surface area (Å²) >= 11 is 6.14. The summed E-state index contributed by atoms with van der Waals surface area (Å²) in [6.45, 7) is 3.69. The van der Waals surface area contributed by atoms with Crippen molar-refractivity contribution >= 4 is 44.1 Å². The fraction of sp³-hybridized carbons (Fsp3) is 0.136. The van der Waals surface area contributed by atoms with Gasteiger partial charge in [0, 0.05) is 30.4 Å². The lowest BCUT2D eigenvalue weighted by molar-refractivity contribution is -0.693. The van der Waals surface area contributed by atoms with E-state index in [1.807, 2.05) is 6.92 Å². The number of aryl methyl sites for hydroxylation is 1. The maximum Gasteiger partial charge on any atom is 0.365 e. The number of hydrogen-bond acceptors (Lipinski definition) is 6. The smallest absolute Gasteiger partial charge is 0.273 e. The lowest BCUT2D eigenvalue weighted by Gasteiger charge is -2.24. The summed E-state index contributed by atoms with van der Waals surface area (Å²) in [5.41, 5.74) is -2.07. The molecule has 0 atom stereocenters. The lowest BCUT2D eigenvalue weighted by Crippen LogP contribution is -2.51. The largest absolute Gasteiger partial charge is 0.365 e. The molecule has 0 saturated carbocycles. The first-order chi connectivity index (χ1) is 16.2. The van der Waals surface area contributed by atoms with Crippen LogP contribution in [0, 0.1) is 0 Å². The van der Waals surface area contributed by atoms with Crippen molar-refractivity contribution in [3.63, 3.8) is 0 Å². The molecule has 3 aromatic heterocycles. The van der Waals surface area contributed by atoms with E-state index < -0.39 is 27.2 Å². The van der Waals surface area contributed by atoms with E-state index in [9.17, 15) is 22.8 Å². The summed E-state index contributed by atoms with van der Waals surface area (Å²) in [6, 6.07) is 9.88. The second kappa shape index (κ2) is 8.84. The molecule has 0 radical (unpaired) electrons. The fourth-order valence-corrected chi connectivity index (χ4v) is 4.95. The van der Waals surface area contributed by atoms with Crippen LogP contribution in [0.4, 0.5) is 5.69 Å². The molecule has 3 heterocycles. The zero-order chi connectivity index (χ0) is 24.6. The molecule has 34 heavy (non-hydrogen) atoms. The minimum absolute atomic E-state index is 0.0257. The van der Waals surface area contributed by atoms with Crippen molar-refractivity contribution in [2.45, 2.75) is 25.3 Å². The van der Waals surface area contributed by atoms with Crippen molar-refractivity contribution in [2.24, 2.45) is 0 Å². The van der Waals surface area contributed by atoms with E-state index in [4.69, 9.17) is 11.6 Å². The lowest BCUT2D eigenvalue weighted by atomic mass is 10.2. The maximum atomic E-state index is 13.7. The van der Waals surface area contributed by atoms with E-state index in [1.165, 1.54) is 43.5 Å². The zero-order valence-electron chi connectivity index (χ0n) is 18.1. The topological polar surface area (TPSA) is 115 Å². The molecule has 10 nitrogen and oxygen atoms in total. The van der Waals surface area contributed by atoms with E-state index in [2.05, 4.69) is 4.98 Å². The van der Waals surface area contributed by atoms with Gasteiger partial charge in [-0.2, -0.15) is 4.68 Å². The molecule has 4 rings (SSSR count). The van der Waals surface area contributed by atoms with Crippen LogP contribution < -0.4 is 20.8 Å². The normalized spacial score (nSPS) is 11.5. The number of halogens is 1. The molecule has 0 aliphatic heterocycles. The number of carbonyl (C=O) groups excluding carboxylic acids is 1. The molecular weight excluding hydrogens is 482 g/mol. The van der Waals surface area contributed by atoms with Gasteiger partial charge in [-0.3, -0.25) is 14.6 Å². The van der Waals surface area contributed by atoms with Crippen LogP contribution in [0.15, 0.2) is 81.7 Å². The molecule has 12 heteroatoms. The van der Waals surface area contributed by atoms with Crippen LogP contribution >= 0.6 is 11.6 Å². The number of anilines is 1. The third-order valence-corrected chi connectivity index (χ3v) is 6.96. The minimum atomic E-state index is -4.65. The number of carbonyl (C=O) groups is 1. The Labute approximate surface area is 198 Å². The Balaban J connectivity index is 2.17. The molecule has 0 spiro atoms. The van der Waals surface area contributed by atoms with Gasteiger partial charge in [0.2, 0.25) is 5.91 Å². The number of nitrogens with zero attached hydrogens (tertiary/aromatic N) is 5. The van der Waals surface area contributed by atoms with Crippen LogP contribution in [-0.4, -0.2) is 28.0 Å². The number of amides is 1. The van der Waals surface area contributed by atoms with Gasteiger partial charge in [0.05, 0.1) is 10.9 Å². The third kappa shape index (κ3) is 3.88. The monoisotopic (exact) mass is 500 g/mol. The van der Waals surface area contributed by atoms with Gasteiger partial charge in [-0.05, 0) is 43.3 Å². The van der Waals surface area contributed by atoms with Crippen LogP contribution in [0.5, 0.6) is 0 Å². The van der Waals surface area contributed by atoms with E-state index in [0.717, 1.165) is 15.9 Å². The third-order valence-electron chi connectivity index (χ3n) is 5.08. The zero-order valence-corrected chi connectivity index (χ0v) is 19.7. The number of rotatable bonds is 5. The molecule has 0 bridgehead atoms. The standard InChI is InChI=1S/C22H19ClN5O5S/c1-3-25-11-5-6-17(14-25)26(15(2)29)27-20-12-16(23)8-9-19(20)21(30)28(22(27)31)34(32,33)18-7-4-10-24-13-18/h4-14H,3H2,1-2H3/q+1. The van der Waals surface area contributed by atoms with Crippen molar-refractivity contribution in [1.82, 2.24) is 13.6 Å². The first-order valence-corrected chi connectivity index (χ1v) is 11.9. The predicted octanol–water partition coefficient (Wildman–Crippen LogP) is 1.57. The van der Waals surface area contributed by atoms with Crippen LogP contribution in [0.3, 0.4) is 0 Å². The molecule has 0 unspecified atom stereocenters. The van der Waals surface area contributed by atoms with E-state index in [1.54, 1.807) is 29.1 Å². The highest BCUT2D eigenvalue weighted by molar-refractivity contribution is 7.89. The van der Waals surface area contributed by atoms with E-state index >= 15 is 0 Å². The van der Waals surface area contributed by atoms with Crippen molar-refractivity contribution in [2.75, 3.05) is 5.01 Å². The Kier molecular flexibility index (Phi) is 6.07. The van der Waals surface area contributed by atoms with Gasteiger partial charge in [0.25, 0.3) is 15.6 Å². The Hall–Kier alpha value is -3.83. The summed E-state index contributed by atoms with van der Waals surface area (Å²) in [7, 11) is -4.65. The van der Waals surface area contributed by atoms with Crippen molar-refractivity contribution in [1.29, 1.82) is 0 Å². The number of fused-ring (bicyclic) bond motifs is 1. The summed E-state index contributed by atoms with van der Waals surface area (Å²) < 4.78 is 29.4. The summed E-state index contributed by atoms with van der Waals surface area (Å²) in [5, 5.41) is 1.07. The average Bonchev–Trinajstić information content (AvgIpc) is 2.81. The molecule has 0 fully saturated rings. The minimum Gasteiger partial charge on any atom is -0.273 e. The summed E-state index contributed by atoms with van der Waals surface area (Å²) in [4.78, 5) is 43.2. The summed E-state index contributed by atoms with van der Waals surface area (Å²) in [5.74, 6) is -0.596. The molecular formula is C22H19ClN5O5S+. The molecule has 1 amide bonds. The van der Waals surface area contributed by atoms with Gasteiger partial charge in [-0.15, -0.1) is 3.97 Å². The van der Waals surface area contributed by atoms with Gasteiger partial charge in [-0.25, -0.2) is 22.8 Å². The van der Waals surface area contributed by atoms with Crippen molar-refractivity contribution in [3.05, 3.63) is 93.1 Å². The quantitative estimate of drug-likeness (QED) is 0.384. The predicted molar refractivity (Wildman–Crippen MR) is 125 cm³/mol. The second-order valence-corrected chi connectivity index (χ2v) is 9.47. The van der Waals surface area contributed by atoms with Crippen LogP contribution in [0.2, 0.25) is 5.02 Å². The van der Waals surface area contributed by atoms with Crippen LogP contribution in [0.1, 0.15) is 13.8 Å². The summed E-state index contributed by atoms with van der Waals surface area (Å²) in [6.07, 6.45) is 5.78. The SMILES string of the molecule is CC[n+]1cccc(N(C(C)=O)n2c(=O)n(S(=O)(=O)c3cccnc3)c(=O)c3ccc(Cl)cc32)c1. The Bertz CT molecular complexity index is 1650. The van der Waals surface area contributed by atoms with E-state index in [0.29, 0.717) is 6.54 Å². The molecule has 0 aliphatic carbocycles. The van der Waals surface area contributed by atoms with Crippen LogP contribution in [0.25, 0.3) is 10.9 Å². The van der Waals surface area contributed by atoms with Crippen molar-refractivity contribution < 1.29 is 17.8 Å². The van der Waals surface area contributed by atoms with Crippen molar-refractivity contribution in [3.8, 4) is 0 Å². The average molecular weight is 501 g/mol. The highest BCUT2D eigenvalue weighted by Gasteiger charge is 2.29. The molecule has 0 N–H and O–H groups in total. The number of pyridine rings is 2. The number of aromatic nitrogens is 4. The highest BCUT2D eigenvalue weighted by atomic mass is 35.5. The fourth-order valence-electron chi connectivity index (χ4n) is 3.52. The van der Waals surface area contributed by atoms with Gasteiger partial charge < -0.3 is 0 Å². The Morgan fingerprint density at radius 3 is 2.59 bits per heavy atom. The Morgan fingerprint density at radius 1 is 1.18 bits per heavy atom.